The van der Waals surface area contributed by atoms with E-state index >= 15 is 0 Å². The molecule has 1 aromatic heterocycles. The first kappa shape index (κ1) is 35.2. The first-order valence-corrected chi connectivity index (χ1v) is 16.2. The summed E-state index contributed by atoms with van der Waals surface area (Å²) in [4.78, 5) is 29.1. The fourth-order valence-corrected chi connectivity index (χ4v) is 7.19. The van der Waals surface area contributed by atoms with Crippen LogP contribution >= 0.6 is 0 Å². The maximum Gasteiger partial charge on any atom is 0.331 e. The Morgan fingerprint density at radius 2 is 2.00 bits per heavy atom. The molecule has 1 fully saturated rings. The van der Waals surface area contributed by atoms with Crippen LogP contribution in [0.2, 0.25) is 0 Å². The molecule has 4 unspecified atom stereocenters. The van der Waals surface area contributed by atoms with Crippen molar-refractivity contribution >= 4 is 18.0 Å². The van der Waals surface area contributed by atoms with Crippen LogP contribution < -0.4 is 0 Å². The summed E-state index contributed by atoms with van der Waals surface area (Å²) in [5, 5.41) is 21.2. The summed E-state index contributed by atoms with van der Waals surface area (Å²) >= 11 is 0. The van der Waals surface area contributed by atoms with E-state index in [4.69, 9.17) is 28.4 Å². The zero-order valence-electron chi connectivity index (χ0n) is 28.2. The maximum atomic E-state index is 13.3. The molecule has 258 valence electrons. The number of aliphatic hydroxyl groups excluding tert-OH is 2. The van der Waals surface area contributed by atoms with Gasteiger partial charge in [0.1, 0.15) is 23.9 Å². The van der Waals surface area contributed by atoms with Crippen molar-refractivity contribution in [3.8, 4) is 0 Å². The number of aryl methyl sites for hydroxylation is 1. The van der Waals surface area contributed by atoms with E-state index < -0.39 is 54.0 Å². The fraction of sp³-hybridized carbons (Fsp3) is 0.629. The second kappa shape index (κ2) is 14.2. The summed E-state index contributed by atoms with van der Waals surface area (Å²) < 4.78 is 37.8. The zero-order chi connectivity index (χ0) is 34.1. The minimum absolute atomic E-state index is 0.0173. The lowest BCUT2D eigenvalue weighted by atomic mass is 9.65. The Hall–Kier alpha value is -3.13. The largest absolute Gasteiger partial charge is 0.457 e. The van der Waals surface area contributed by atoms with Gasteiger partial charge in [-0.25, -0.2) is 9.78 Å². The number of allylic oxidation sites excluding steroid dienone is 3. The van der Waals surface area contributed by atoms with Gasteiger partial charge in [-0.2, -0.15) is 0 Å². The third kappa shape index (κ3) is 7.48. The van der Waals surface area contributed by atoms with E-state index in [2.05, 4.69) is 37.9 Å². The van der Waals surface area contributed by atoms with Crippen molar-refractivity contribution in [3.63, 3.8) is 0 Å². The van der Waals surface area contributed by atoms with Crippen LogP contribution in [0, 0.1) is 23.7 Å². The molecule has 2 bridgehead atoms. The molecule has 5 rings (SSSR count). The zero-order valence-corrected chi connectivity index (χ0v) is 28.2. The quantitative estimate of drug-likeness (QED) is 0.229. The van der Waals surface area contributed by atoms with E-state index in [1.54, 1.807) is 30.3 Å². The monoisotopic (exact) mass is 656 g/mol. The van der Waals surface area contributed by atoms with Crippen LogP contribution in [0.1, 0.15) is 53.2 Å². The molecule has 2 N–H and O–H groups in total. The number of esters is 2. The standard InChI is InChI=1S/C35H48N2O10/c1-20(2)25-10-8-21(3)26-15-29(46-30(40)11-9-24-16-37(6)19-36-24)34(5)12-13-35(42-7,47-34)23(14-27(25)26)17-43-33-31(41)32(45-22(4)38)28(39)18-44-33/h8-9,11-14,16,19-20,25-29,31-33,39,41H,10,15,17-18H2,1-7H3/b11-9+,23-14-/t25-,26+,27-,28?,29+,31?,32?,33?,34+,35-/m1/s1. The fourth-order valence-electron chi connectivity index (χ4n) is 7.19. The molecule has 12 nitrogen and oxygen atoms in total. The van der Waals surface area contributed by atoms with Crippen LogP contribution in [0.25, 0.3) is 6.08 Å². The van der Waals surface area contributed by atoms with Gasteiger partial charge in [0.05, 0.1) is 25.2 Å². The Kier molecular flexibility index (Phi) is 10.6. The van der Waals surface area contributed by atoms with Gasteiger partial charge in [-0.05, 0) is 68.6 Å². The summed E-state index contributed by atoms with van der Waals surface area (Å²) in [5.41, 5.74) is 1.44. The SMILES string of the molecule is CO[C@]12C=C[C@](C)(O1)[C@@H](OC(=O)/C=C/c1cn(C)cn1)C[C@H]1C(C)=CC[C@H](C(C)C)[C@H]1/C=C\2COC1OCC(O)C(OC(C)=O)C1O. The molecule has 3 aliphatic heterocycles. The Morgan fingerprint density at radius 1 is 1.23 bits per heavy atom. The van der Waals surface area contributed by atoms with E-state index in [-0.39, 0.29) is 31.0 Å². The first-order chi connectivity index (χ1) is 22.2. The number of fused-ring (bicyclic) bond motifs is 3. The first-order valence-electron chi connectivity index (χ1n) is 16.2. The maximum absolute atomic E-state index is 13.3. The van der Waals surface area contributed by atoms with Gasteiger partial charge in [0.2, 0.25) is 5.79 Å². The summed E-state index contributed by atoms with van der Waals surface area (Å²) in [6.45, 7) is 9.36. The summed E-state index contributed by atoms with van der Waals surface area (Å²) in [6, 6.07) is 0. The molecule has 4 aliphatic rings. The van der Waals surface area contributed by atoms with E-state index in [0.29, 0.717) is 23.6 Å². The third-order valence-electron chi connectivity index (χ3n) is 9.87. The highest BCUT2D eigenvalue weighted by atomic mass is 16.7. The molecule has 0 saturated carbocycles. The lowest BCUT2D eigenvalue weighted by Gasteiger charge is -2.41. The number of carbonyl (C=O) groups is 2. The van der Waals surface area contributed by atoms with Crippen LogP contribution in [0.3, 0.4) is 0 Å². The number of methoxy groups -OCH3 is 1. The lowest BCUT2D eigenvalue weighted by molar-refractivity contribution is -0.275. The minimum atomic E-state index is -1.43. The summed E-state index contributed by atoms with van der Waals surface area (Å²) in [5.74, 6) is -1.87. The van der Waals surface area contributed by atoms with Crippen molar-refractivity contribution in [1.29, 1.82) is 0 Å². The van der Waals surface area contributed by atoms with Gasteiger partial charge < -0.3 is 43.2 Å². The van der Waals surface area contributed by atoms with E-state index in [1.165, 1.54) is 18.6 Å². The van der Waals surface area contributed by atoms with E-state index in [0.717, 1.165) is 6.42 Å². The number of ether oxygens (including phenoxy) is 6. The Labute approximate surface area is 276 Å². The molecule has 0 aromatic carbocycles. The normalized spacial score (nSPS) is 38.2. The van der Waals surface area contributed by atoms with Crippen molar-refractivity contribution in [3.05, 3.63) is 59.7 Å². The Bertz CT molecular complexity index is 1430. The minimum Gasteiger partial charge on any atom is -0.457 e. The van der Waals surface area contributed by atoms with Crippen molar-refractivity contribution in [2.45, 2.75) is 89.6 Å². The molecule has 0 radical (unpaired) electrons. The van der Waals surface area contributed by atoms with E-state index in [9.17, 15) is 19.8 Å². The van der Waals surface area contributed by atoms with Crippen LogP contribution in [0.4, 0.5) is 0 Å². The molecule has 4 heterocycles. The molecule has 1 aliphatic carbocycles. The molecule has 47 heavy (non-hydrogen) atoms. The number of nitrogens with zero attached hydrogens (tertiary/aromatic N) is 2. The highest BCUT2D eigenvalue weighted by Crippen LogP contribution is 2.49. The van der Waals surface area contributed by atoms with Gasteiger partial charge in [-0.15, -0.1) is 0 Å². The van der Waals surface area contributed by atoms with Gasteiger partial charge in [0.25, 0.3) is 0 Å². The van der Waals surface area contributed by atoms with Gasteiger partial charge in [0.15, 0.2) is 12.4 Å². The number of aromatic nitrogens is 2. The molecule has 10 atom stereocenters. The van der Waals surface area contributed by atoms with Crippen LogP contribution in [-0.4, -0.2) is 94.1 Å². The molecular formula is C35H48N2O10. The van der Waals surface area contributed by atoms with Gasteiger partial charge >= 0.3 is 11.9 Å². The van der Waals surface area contributed by atoms with Gasteiger partial charge in [-0.1, -0.05) is 31.6 Å². The number of hydrogen-bond acceptors (Lipinski definition) is 11. The van der Waals surface area contributed by atoms with Gasteiger partial charge in [0, 0.05) is 38.9 Å². The second-order valence-electron chi connectivity index (χ2n) is 13.6. The average Bonchev–Trinajstić information content (AvgIpc) is 3.61. The summed E-state index contributed by atoms with van der Waals surface area (Å²) in [6.07, 6.45) is 10.3. The predicted molar refractivity (Wildman–Crippen MR) is 170 cm³/mol. The van der Waals surface area contributed by atoms with Crippen LogP contribution in [0.5, 0.6) is 0 Å². The molecule has 1 saturated heterocycles. The average molecular weight is 657 g/mol. The topological polar surface area (TPSA) is 148 Å². The highest BCUT2D eigenvalue weighted by Gasteiger charge is 2.54. The third-order valence-corrected chi connectivity index (χ3v) is 9.87. The van der Waals surface area contributed by atoms with Crippen molar-refractivity contribution in [2.24, 2.45) is 30.7 Å². The number of carbonyl (C=O) groups excluding carboxylic acids is 2. The second-order valence-corrected chi connectivity index (χ2v) is 13.6. The highest BCUT2D eigenvalue weighted by molar-refractivity contribution is 5.86. The number of aliphatic hydroxyl groups is 2. The number of imidazole rings is 1. The molecule has 12 heteroatoms. The molecular weight excluding hydrogens is 608 g/mol. The van der Waals surface area contributed by atoms with Crippen molar-refractivity contribution in [1.82, 2.24) is 9.55 Å². The summed E-state index contributed by atoms with van der Waals surface area (Å²) in [7, 11) is 3.40. The molecule has 1 aromatic rings. The Morgan fingerprint density at radius 3 is 2.66 bits per heavy atom. The van der Waals surface area contributed by atoms with Crippen molar-refractivity contribution in [2.75, 3.05) is 20.3 Å². The lowest BCUT2D eigenvalue weighted by Crippen LogP contribution is -2.55. The molecule has 0 spiro atoms. The number of rotatable bonds is 9. The smallest absolute Gasteiger partial charge is 0.331 e. The van der Waals surface area contributed by atoms with Crippen LogP contribution in [-0.2, 0) is 45.1 Å². The predicted octanol–water partition coefficient (Wildman–Crippen LogP) is 3.24. The van der Waals surface area contributed by atoms with Crippen molar-refractivity contribution < 1.29 is 48.2 Å². The van der Waals surface area contributed by atoms with E-state index in [1.807, 2.05) is 26.1 Å². The Balaban J connectivity index is 1.47. The van der Waals surface area contributed by atoms with Crippen LogP contribution in [0.15, 0.2) is 54.1 Å². The van der Waals surface area contributed by atoms with Gasteiger partial charge in [-0.3, -0.25) is 4.79 Å². The molecule has 0 amide bonds. The number of hydrogen-bond donors (Lipinski definition) is 2.